The zero-order chi connectivity index (χ0) is 13.2. The molecule has 0 radical (unpaired) electrons. The smallest absolute Gasteiger partial charge is 0.241 e. The van der Waals surface area contributed by atoms with E-state index >= 15 is 0 Å². The van der Waals surface area contributed by atoms with E-state index in [1.807, 2.05) is 37.3 Å². The maximum Gasteiger partial charge on any atom is 0.241 e. The van der Waals surface area contributed by atoms with Crippen LogP contribution in [-0.2, 0) is 9.67 Å². The predicted molar refractivity (Wildman–Crippen MR) is 75.0 cm³/mol. The fourth-order valence-corrected chi connectivity index (χ4v) is 3.33. The molecule has 1 amide bonds. The van der Waals surface area contributed by atoms with Gasteiger partial charge >= 0.3 is 0 Å². The Bertz CT molecular complexity index is 474. The molecule has 0 aliphatic carbocycles. The summed E-state index contributed by atoms with van der Waals surface area (Å²) in [4.78, 5) is 11.3. The van der Waals surface area contributed by atoms with Gasteiger partial charge in [-0.25, -0.2) is 5.01 Å². The van der Waals surface area contributed by atoms with E-state index in [0.717, 1.165) is 10.6 Å². The van der Waals surface area contributed by atoms with Crippen LogP contribution in [0.1, 0.15) is 25.8 Å². The van der Waals surface area contributed by atoms with E-state index in [9.17, 15) is 4.79 Å². The third-order valence-electron chi connectivity index (χ3n) is 2.90. The SMILES string of the molecule is CC(=O)N1N=C(CCN)SC1(C)c1ccccc1. The molecule has 2 N–H and O–H groups in total. The normalized spacial score (nSPS) is 23.1. The largest absolute Gasteiger partial charge is 0.330 e. The number of hydrogen-bond donors (Lipinski definition) is 1. The number of thioether (sulfide) groups is 1. The minimum Gasteiger partial charge on any atom is -0.330 e. The quantitative estimate of drug-likeness (QED) is 0.908. The molecule has 0 fully saturated rings. The average Bonchev–Trinajstić information content (AvgIpc) is 2.70. The van der Waals surface area contributed by atoms with Gasteiger partial charge in [0, 0.05) is 13.3 Å². The number of nitrogens with zero attached hydrogens (tertiary/aromatic N) is 2. The van der Waals surface area contributed by atoms with E-state index in [2.05, 4.69) is 5.10 Å². The second kappa shape index (κ2) is 5.12. The van der Waals surface area contributed by atoms with E-state index in [0.29, 0.717) is 13.0 Å². The van der Waals surface area contributed by atoms with Crippen LogP contribution < -0.4 is 5.73 Å². The Balaban J connectivity index is 2.36. The highest BCUT2D eigenvalue weighted by molar-refractivity contribution is 8.14. The van der Waals surface area contributed by atoms with Crippen molar-refractivity contribution in [1.82, 2.24) is 5.01 Å². The Hall–Kier alpha value is -1.33. The molecule has 1 heterocycles. The Morgan fingerprint density at radius 1 is 1.44 bits per heavy atom. The van der Waals surface area contributed by atoms with Crippen molar-refractivity contribution in [3.63, 3.8) is 0 Å². The fourth-order valence-electron chi connectivity index (χ4n) is 2.02. The lowest BCUT2D eigenvalue weighted by Gasteiger charge is -2.31. The molecule has 4 nitrogen and oxygen atoms in total. The number of rotatable bonds is 3. The molecule has 2 rings (SSSR count). The van der Waals surface area contributed by atoms with Gasteiger partial charge in [-0.3, -0.25) is 4.79 Å². The van der Waals surface area contributed by atoms with Crippen molar-refractivity contribution in [2.24, 2.45) is 10.8 Å². The molecule has 1 aromatic carbocycles. The van der Waals surface area contributed by atoms with Gasteiger partial charge in [-0.1, -0.05) is 42.1 Å². The van der Waals surface area contributed by atoms with Gasteiger partial charge in [-0.05, 0) is 19.0 Å². The molecule has 1 aliphatic rings. The number of amides is 1. The maximum atomic E-state index is 11.8. The molecule has 0 aromatic heterocycles. The van der Waals surface area contributed by atoms with Gasteiger partial charge < -0.3 is 5.73 Å². The van der Waals surface area contributed by atoms with Crippen molar-refractivity contribution in [2.45, 2.75) is 25.1 Å². The Morgan fingerprint density at radius 2 is 2.11 bits per heavy atom. The van der Waals surface area contributed by atoms with E-state index < -0.39 is 4.87 Å². The van der Waals surface area contributed by atoms with E-state index in [4.69, 9.17) is 5.73 Å². The molecule has 0 saturated carbocycles. The Morgan fingerprint density at radius 3 is 2.67 bits per heavy atom. The summed E-state index contributed by atoms with van der Waals surface area (Å²) in [6, 6.07) is 9.95. The van der Waals surface area contributed by atoms with Gasteiger partial charge in [-0.15, -0.1) is 0 Å². The van der Waals surface area contributed by atoms with Crippen molar-refractivity contribution in [3.8, 4) is 0 Å². The molecular weight excluding hydrogens is 246 g/mol. The van der Waals surface area contributed by atoms with Gasteiger partial charge in [0.25, 0.3) is 0 Å². The highest BCUT2D eigenvalue weighted by atomic mass is 32.2. The third-order valence-corrected chi connectivity index (χ3v) is 4.23. The Labute approximate surface area is 111 Å². The number of carbonyl (C=O) groups excluding carboxylic acids is 1. The molecule has 96 valence electrons. The molecular formula is C13H17N3OS. The lowest BCUT2D eigenvalue weighted by molar-refractivity contribution is -0.131. The molecule has 0 saturated heterocycles. The summed E-state index contributed by atoms with van der Waals surface area (Å²) >= 11 is 1.60. The fraction of sp³-hybridized carbons (Fsp3) is 0.385. The van der Waals surface area contributed by atoms with Crippen LogP contribution in [0.3, 0.4) is 0 Å². The summed E-state index contributed by atoms with van der Waals surface area (Å²) in [7, 11) is 0. The van der Waals surface area contributed by atoms with Crippen molar-refractivity contribution < 1.29 is 4.79 Å². The van der Waals surface area contributed by atoms with Gasteiger partial charge in [-0.2, -0.15) is 5.10 Å². The van der Waals surface area contributed by atoms with Crippen LogP contribution in [0.25, 0.3) is 0 Å². The first kappa shape index (κ1) is 13.1. The summed E-state index contributed by atoms with van der Waals surface area (Å²) in [5.74, 6) is -0.0547. The highest BCUT2D eigenvalue weighted by Gasteiger charge is 2.42. The zero-order valence-corrected chi connectivity index (χ0v) is 11.4. The van der Waals surface area contributed by atoms with Gasteiger partial charge in [0.2, 0.25) is 5.91 Å². The van der Waals surface area contributed by atoms with Crippen LogP contribution >= 0.6 is 11.8 Å². The summed E-state index contributed by atoms with van der Waals surface area (Å²) in [6.07, 6.45) is 0.705. The predicted octanol–water partition coefficient (Wildman–Crippen LogP) is 2.12. The molecule has 18 heavy (non-hydrogen) atoms. The first-order chi connectivity index (χ1) is 8.58. The zero-order valence-electron chi connectivity index (χ0n) is 10.6. The van der Waals surface area contributed by atoms with Gasteiger partial charge in [0.15, 0.2) is 0 Å². The summed E-state index contributed by atoms with van der Waals surface area (Å²) < 4.78 is 0. The molecule has 0 spiro atoms. The highest BCUT2D eigenvalue weighted by Crippen LogP contribution is 2.45. The Kier molecular flexibility index (Phi) is 3.73. The molecule has 1 aromatic rings. The standard InChI is InChI=1S/C13H17N3OS/c1-10(17)16-13(2,11-6-4-3-5-7-11)18-12(15-16)8-9-14/h3-7H,8-9,14H2,1-2H3. The molecule has 0 bridgehead atoms. The maximum absolute atomic E-state index is 11.8. The monoisotopic (exact) mass is 263 g/mol. The molecule has 1 unspecified atom stereocenters. The number of carbonyl (C=O) groups is 1. The first-order valence-corrected chi connectivity index (χ1v) is 6.72. The van der Waals surface area contributed by atoms with Crippen molar-refractivity contribution in [3.05, 3.63) is 35.9 Å². The minimum atomic E-state index is -0.461. The van der Waals surface area contributed by atoms with Crippen LogP contribution in [0.4, 0.5) is 0 Å². The van der Waals surface area contributed by atoms with E-state index in [1.165, 1.54) is 6.92 Å². The molecule has 1 atom stereocenters. The number of hydrogen-bond acceptors (Lipinski definition) is 4. The van der Waals surface area contributed by atoms with Crippen molar-refractivity contribution in [1.29, 1.82) is 0 Å². The lowest BCUT2D eigenvalue weighted by Crippen LogP contribution is -2.37. The number of hydrazone groups is 1. The van der Waals surface area contributed by atoms with Crippen LogP contribution in [-0.4, -0.2) is 22.5 Å². The average molecular weight is 263 g/mol. The minimum absolute atomic E-state index is 0.0547. The topological polar surface area (TPSA) is 58.7 Å². The van der Waals surface area contributed by atoms with E-state index in [1.54, 1.807) is 16.8 Å². The van der Waals surface area contributed by atoms with Crippen LogP contribution in [0.2, 0.25) is 0 Å². The summed E-state index contributed by atoms with van der Waals surface area (Å²) in [5.41, 5.74) is 6.63. The van der Waals surface area contributed by atoms with Crippen molar-refractivity contribution >= 4 is 22.7 Å². The van der Waals surface area contributed by atoms with Gasteiger partial charge in [0.1, 0.15) is 4.87 Å². The number of benzene rings is 1. The molecule has 1 aliphatic heterocycles. The lowest BCUT2D eigenvalue weighted by atomic mass is 10.1. The second-order valence-corrected chi connectivity index (χ2v) is 5.78. The van der Waals surface area contributed by atoms with E-state index in [-0.39, 0.29) is 5.91 Å². The van der Waals surface area contributed by atoms with Crippen LogP contribution in [0, 0.1) is 0 Å². The molecule has 5 heteroatoms. The van der Waals surface area contributed by atoms with Crippen LogP contribution in [0.5, 0.6) is 0 Å². The van der Waals surface area contributed by atoms with Gasteiger partial charge in [0.05, 0.1) is 5.04 Å². The van der Waals surface area contributed by atoms with Crippen LogP contribution in [0.15, 0.2) is 35.4 Å². The third kappa shape index (κ3) is 2.28. The van der Waals surface area contributed by atoms with Crippen molar-refractivity contribution in [2.75, 3.05) is 6.54 Å². The second-order valence-electron chi connectivity index (χ2n) is 4.31. The first-order valence-electron chi connectivity index (χ1n) is 5.91. The summed E-state index contributed by atoms with van der Waals surface area (Å²) in [5, 5.41) is 6.86. The summed E-state index contributed by atoms with van der Waals surface area (Å²) in [6.45, 7) is 4.10. The number of nitrogens with two attached hydrogens (primary N) is 1.